The number of carbonyl (C=O) groups excluding carboxylic acids is 4. The van der Waals surface area contributed by atoms with E-state index in [9.17, 15) is 19.2 Å². The van der Waals surface area contributed by atoms with Gasteiger partial charge in [0.15, 0.2) is 0 Å². The zero-order valence-electron chi connectivity index (χ0n) is 33.4. The summed E-state index contributed by atoms with van der Waals surface area (Å²) in [5.74, 6) is -1.00. The number of anilines is 2. The molecule has 59 heavy (non-hydrogen) atoms. The monoisotopic (exact) mass is 803 g/mol. The number of fused-ring (bicyclic) bond motifs is 2. The molecule has 6 heterocycles. The first-order chi connectivity index (χ1) is 28.3. The number of aryl methyl sites for hydroxylation is 4. The van der Waals surface area contributed by atoms with E-state index in [4.69, 9.17) is 30.9 Å². The number of nitrogens with one attached hydrogen (secondary N) is 2. The molecule has 0 unspecified atom stereocenters. The number of likely N-dealkylation sites (N-methyl/N-ethyl adjacent to an activating group) is 1. The van der Waals surface area contributed by atoms with Crippen molar-refractivity contribution in [2.75, 3.05) is 30.8 Å². The molecule has 19 nitrogen and oxygen atoms in total. The Morgan fingerprint density at radius 1 is 0.746 bits per heavy atom. The quantitative estimate of drug-likeness (QED) is 0.163. The molecule has 2 atom stereocenters. The van der Waals surface area contributed by atoms with Crippen LogP contribution in [0.4, 0.5) is 11.9 Å². The first kappa shape index (κ1) is 38.8. The van der Waals surface area contributed by atoms with E-state index in [1.165, 1.54) is 0 Å². The highest BCUT2D eigenvalue weighted by atomic mass is 16.5. The minimum Gasteiger partial charge on any atom is -0.490 e. The Morgan fingerprint density at radius 2 is 1.24 bits per heavy atom. The largest absolute Gasteiger partial charge is 0.490 e. The van der Waals surface area contributed by atoms with Gasteiger partial charge in [-0.1, -0.05) is 12.2 Å². The number of nitrogens with zero attached hydrogens (tertiary/aromatic N) is 9. The Labute approximate surface area is 337 Å². The lowest BCUT2D eigenvalue weighted by Gasteiger charge is -2.20. The van der Waals surface area contributed by atoms with Crippen LogP contribution >= 0.6 is 0 Å². The summed E-state index contributed by atoms with van der Waals surface area (Å²) in [6.07, 6.45) is 3.95. The van der Waals surface area contributed by atoms with E-state index in [0.29, 0.717) is 82.4 Å². The molecule has 0 aliphatic carbocycles. The second kappa shape index (κ2) is 15.4. The fourth-order valence-corrected chi connectivity index (χ4v) is 7.79. The summed E-state index contributed by atoms with van der Waals surface area (Å²) in [4.78, 5) is 64.4. The van der Waals surface area contributed by atoms with Crippen molar-refractivity contribution in [3.05, 3.63) is 82.5 Å². The number of likely N-dealkylation sites (tertiary alicyclic amines) is 1. The number of imidazole rings is 2. The van der Waals surface area contributed by atoms with E-state index in [2.05, 4.69) is 25.7 Å². The lowest BCUT2D eigenvalue weighted by Crippen LogP contribution is -2.31. The van der Waals surface area contributed by atoms with Gasteiger partial charge in [0.25, 0.3) is 11.8 Å². The number of carbonyl (C=O) groups is 4. The van der Waals surface area contributed by atoms with Crippen LogP contribution < -0.4 is 31.6 Å². The Balaban J connectivity index is 1.26. The highest BCUT2D eigenvalue weighted by Crippen LogP contribution is 2.35. The second-order valence-corrected chi connectivity index (χ2v) is 14.7. The highest BCUT2D eigenvalue weighted by Gasteiger charge is 2.33. The van der Waals surface area contributed by atoms with E-state index in [0.717, 1.165) is 0 Å². The summed E-state index contributed by atoms with van der Waals surface area (Å²) in [5, 5.41) is 14.8. The number of amides is 4. The standard InChI is InChI=1S/C40H45N13O6/c1-6-52-29(12-21(3)47-52)37(56)45-39-43-27-14-23(35(41)54)16-31-33(27)50(39)10-8-9-11-51-34-28(44-40(51)46-38(57)30-13-22(4)48-53(30)7-2)15-24(36(42)55)17-32(34)59-26-18-25(20-58-31)49(5)19-26/h8-9,12-17,25-26H,6-7,10-11,18-20H2,1-5H3,(H2,41,54)(H2,42,55)(H,43,45,56)(H,44,46,57)/b9-8+/t25-,26-/m1/s1. The van der Waals surface area contributed by atoms with Crippen molar-refractivity contribution in [3.63, 3.8) is 0 Å². The van der Waals surface area contributed by atoms with Crippen molar-refractivity contribution in [2.24, 2.45) is 11.5 Å². The third kappa shape index (κ3) is 7.35. The number of rotatable bonds is 8. The van der Waals surface area contributed by atoms with Crippen LogP contribution in [-0.2, 0) is 26.2 Å². The van der Waals surface area contributed by atoms with Gasteiger partial charge in [-0.05, 0) is 71.1 Å². The minimum atomic E-state index is -0.662. The van der Waals surface area contributed by atoms with Gasteiger partial charge in [0, 0.05) is 56.3 Å². The van der Waals surface area contributed by atoms with E-state index in [-0.39, 0.29) is 54.9 Å². The molecule has 0 saturated carbocycles. The van der Waals surface area contributed by atoms with E-state index >= 15 is 0 Å². The lowest BCUT2D eigenvalue weighted by atomic mass is 10.1. The maximum atomic E-state index is 13.8. The molecule has 4 aromatic heterocycles. The highest BCUT2D eigenvalue weighted by molar-refractivity contribution is 6.05. The average molecular weight is 804 g/mol. The van der Waals surface area contributed by atoms with Gasteiger partial charge in [0.1, 0.15) is 46.6 Å². The molecule has 2 aliphatic rings. The second-order valence-electron chi connectivity index (χ2n) is 14.7. The fourth-order valence-electron chi connectivity index (χ4n) is 7.79. The van der Waals surface area contributed by atoms with Crippen LogP contribution in [0.25, 0.3) is 22.1 Å². The van der Waals surface area contributed by atoms with Crippen molar-refractivity contribution in [1.82, 2.24) is 43.6 Å². The van der Waals surface area contributed by atoms with Crippen LogP contribution in [0.5, 0.6) is 11.5 Å². The summed E-state index contributed by atoms with van der Waals surface area (Å²) in [6.45, 7) is 9.50. The fraction of sp³-hybridized carbons (Fsp3) is 0.350. The Morgan fingerprint density at radius 3 is 1.73 bits per heavy atom. The van der Waals surface area contributed by atoms with E-state index < -0.39 is 23.6 Å². The normalized spacial score (nSPS) is 17.4. The Kier molecular flexibility index (Phi) is 10.1. The van der Waals surface area contributed by atoms with Crippen molar-refractivity contribution in [2.45, 2.75) is 72.4 Å². The molecule has 1 saturated heterocycles. The van der Waals surface area contributed by atoms with Crippen molar-refractivity contribution in [1.29, 1.82) is 0 Å². The van der Waals surface area contributed by atoms with Crippen LogP contribution in [0.15, 0.2) is 48.6 Å². The minimum absolute atomic E-state index is 0.130. The summed E-state index contributed by atoms with van der Waals surface area (Å²) < 4.78 is 20.0. The number of hydrogen-bond donors (Lipinski definition) is 4. The molecule has 1 fully saturated rings. The van der Waals surface area contributed by atoms with E-state index in [1.54, 1.807) is 50.3 Å². The lowest BCUT2D eigenvalue weighted by molar-refractivity contribution is 0.0991. The van der Waals surface area contributed by atoms with Gasteiger partial charge in [0.05, 0.1) is 22.4 Å². The van der Waals surface area contributed by atoms with Gasteiger partial charge in [0.2, 0.25) is 23.7 Å². The van der Waals surface area contributed by atoms with Gasteiger partial charge in [-0.2, -0.15) is 10.2 Å². The van der Waals surface area contributed by atoms with Gasteiger partial charge in [-0.3, -0.25) is 44.1 Å². The number of ether oxygens (including phenoxy) is 2. The summed E-state index contributed by atoms with van der Waals surface area (Å²) in [6, 6.07) is 9.62. The predicted octanol–water partition coefficient (Wildman–Crippen LogP) is 3.24. The number of allylic oxidation sites excluding steroid dienone is 2. The smallest absolute Gasteiger partial charge is 0.276 e. The molecular weight excluding hydrogens is 759 g/mol. The number of primary amides is 2. The van der Waals surface area contributed by atoms with Gasteiger partial charge in [-0.25, -0.2) is 9.97 Å². The predicted molar refractivity (Wildman–Crippen MR) is 218 cm³/mol. The maximum Gasteiger partial charge on any atom is 0.276 e. The number of benzene rings is 2. The Hall–Kier alpha value is -7.02. The molecule has 306 valence electrons. The Bertz CT molecular complexity index is 2700. The molecule has 4 amide bonds. The van der Waals surface area contributed by atoms with Crippen LogP contribution in [-0.4, -0.2) is 99.5 Å². The SMILES string of the molecule is CCn1nc(C)cc1C(=O)Nc1nc2cc(C(N)=O)cc3c2n1C/C=C/Cn1c(NC(=O)c2cc(C)nn2CC)nc2cc(C(N)=O)cc(c21)O[C@@H]1C[C@H](CO3)N(C)C1. The van der Waals surface area contributed by atoms with Gasteiger partial charge < -0.3 is 30.1 Å². The molecular formula is C40H45N13O6. The third-order valence-corrected chi connectivity index (χ3v) is 10.6. The van der Waals surface area contributed by atoms with Gasteiger partial charge >= 0.3 is 0 Å². The van der Waals surface area contributed by atoms with Crippen molar-refractivity contribution >= 4 is 57.6 Å². The van der Waals surface area contributed by atoms with Crippen molar-refractivity contribution in [3.8, 4) is 11.5 Å². The van der Waals surface area contributed by atoms with Crippen LogP contribution in [0.3, 0.4) is 0 Å². The van der Waals surface area contributed by atoms with Crippen molar-refractivity contribution < 1.29 is 28.7 Å². The van der Waals surface area contributed by atoms with Crippen LogP contribution in [0.2, 0.25) is 0 Å². The topological polar surface area (TPSA) is 237 Å². The number of nitrogens with two attached hydrogens (primary N) is 2. The first-order valence-corrected chi connectivity index (χ1v) is 19.4. The number of hydrogen-bond acceptors (Lipinski definition) is 11. The molecule has 8 rings (SSSR count). The summed E-state index contributed by atoms with van der Waals surface area (Å²) >= 11 is 0. The summed E-state index contributed by atoms with van der Waals surface area (Å²) in [7, 11) is 1.96. The molecule has 0 radical (unpaired) electrons. The van der Waals surface area contributed by atoms with E-state index in [1.807, 2.05) is 51.5 Å². The zero-order valence-corrected chi connectivity index (χ0v) is 33.4. The van der Waals surface area contributed by atoms with Crippen LogP contribution in [0.1, 0.15) is 73.3 Å². The molecule has 6 N–H and O–H groups in total. The van der Waals surface area contributed by atoms with Crippen LogP contribution in [0, 0.1) is 13.8 Å². The molecule has 0 spiro atoms. The molecule has 2 aliphatic heterocycles. The number of aromatic nitrogens is 8. The summed E-state index contributed by atoms with van der Waals surface area (Å²) in [5.41, 5.74) is 15.9. The maximum absolute atomic E-state index is 13.8. The molecule has 19 heteroatoms. The molecule has 2 bridgehead atoms. The molecule has 2 aromatic carbocycles. The first-order valence-electron chi connectivity index (χ1n) is 19.4. The molecule has 6 aromatic rings. The zero-order chi connectivity index (χ0) is 41.7. The average Bonchev–Trinajstić information content (AvgIpc) is 4.01. The van der Waals surface area contributed by atoms with Gasteiger partial charge in [-0.15, -0.1) is 0 Å². The third-order valence-electron chi connectivity index (χ3n) is 10.6.